The van der Waals surface area contributed by atoms with E-state index >= 15 is 0 Å². The number of hydrogen-bond donors (Lipinski definition) is 0. The Morgan fingerprint density at radius 3 is 2.00 bits per heavy atom. The Bertz CT molecular complexity index is 793. The fourth-order valence-corrected chi connectivity index (χ4v) is 2.13. The van der Waals surface area contributed by atoms with Gasteiger partial charge in [0.25, 0.3) is 0 Å². The third kappa shape index (κ3) is 2.59. The van der Waals surface area contributed by atoms with Crippen molar-refractivity contribution >= 4 is 0 Å². The van der Waals surface area contributed by atoms with Crippen LogP contribution in [0.1, 0.15) is 5.69 Å². The maximum absolute atomic E-state index is 13.4. The monoisotopic (exact) mass is 307 g/mol. The molecule has 2 aromatic carbocycles. The molecule has 3 rings (SSSR count). The van der Waals surface area contributed by atoms with Crippen molar-refractivity contribution in [1.82, 2.24) is 4.98 Å². The molecule has 0 aliphatic heterocycles. The van der Waals surface area contributed by atoms with E-state index in [1.165, 1.54) is 6.07 Å². The molecule has 0 saturated heterocycles. The van der Waals surface area contributed by atoms with Gasteiger partial charge in [-0.1, -0.05) is 48.5 Å². The summed E-state index contributed by atoms with van der Waals surface area (Å²) < 4.78 is 55.9. The second-order valence-electron chi connectivity index (χ2n) is 4.55. The first-order valence-corrected chi connectivity index (χ1v) is 6.35. The Morgan fingerprint density at radius 2 is 1.41 bits per heavy atom. The molecule has 0 N–H and O–H groups in total. The molecule has 0 unspecified atom stereocenters. The van der Waals surface area contributed by atoms with Gasteiger partial charge in [-0.3, -0.25) is 0 Å². The molecule has 0 saturated carbocycles. The van der Waals surface area contributed by atoms with E-state index < -0.39 is 23.8 Å². The van der Waals surface area contributed by atoms with Crippen LogP contribution in [0.25, 0.3) is 22.6 Å². The van der Waals surface area contributed by atoms with Crippen molar-refractivity contribution in [3.05, 3.63) is 66.3 Å². The van der Waals surface area contributed by atoms with Crippen molar-refractivity contribution in [1.29, 1.82) is 0 Å². The zero-order valence-electron chi connectivity index (χ0n) is 11.1. The van der Waals surface area contributed by atoms with Crippen molar-refractivity contribution in [2.75, 3.05) is 0 Å². The Hall–Kier alpha value is -2.63. The molecule has 3 aromatic rings. The van der Waals surface area contributed by atoms with Crippen LogP contribution in [0.3, 0.4) is 0 Å². The van der Waals surface area contributed by atoms with Gasteiger partial charge >= 0.3 is 12.2 Å². The van der Waals surface area contributed by atoms with Gasteiger partial charge in [0, 0.05) is 5.56 Å². The topological polar surface area (TPSA) is 26.0 Å². The molecule has 1 aromatic heterocycles. The molecular formula is C16H9F4NO. The molecule has 0 spiro atoms. The minimum atomic E-state index is -4.90. The first-order valence-electron chi connectivity index (χ1n) is 6.35. The Morgan fingerprint density at radius 1 is 0.818 bits per heavy atom. The highest BCUT2D eigenvalue weighted by molar-refractivity contribution is 5.79. The standard InChI is InChI=1S/C16H9F4NO/c17-14-13(16(18,19)20)21-15(22-14)12-9-5-4-8-11(12)10-6-2-1-3-7-10/h1-9H. The Balaban J connectivity index is 2.15. The lowest BCUT2D eigenvalue weighted by Crippen LogP contribution is -2.07. The van der Waals surface area contributed by atoms with Crippen LogP contribution in [-0.2, 0) is 6.18 Å². The van der Waals surface area contributed by atoms with Crippen molar-refractivity contribution in [3.63, 3.8) is 0 Å². The smallest absolute Gasteiger partial charge is 0.410 e. The third-order valence-corrected chi connectivity index (χ3v) is 3.10. The zero-order valence-corrected chi connectivity index (χ0v) is 11.1. The lowest BCUT2D eigenvalue weighted by molar-refractivity contribution is -0.144. The highest BCUT2D eigenvalue weighted by Gasteiger charge is 2.39. The van der Waals surface area contributed by atoms with E-state index in [2.05, 4.69) is 9.40 Å². The molecule has 0 bridgehead atoms. The predicted molar refractivity (Wildman–Crippen MR) is 72.3 cm³/mol. The highest BCUT2D eigenvalue weighted by Crippen LogP contribution is 2.36. The summed E-state index contributed by atoms with van der Waals surface area (Å²) in [4.78, 5) is 3.27. The van der Waals surface area contributed by atoms with Gasteiger partial charge < -0.3 is 4.42 Å². The number of halogens is 4. The highest BCUT2D eigenvalue weighted by atomic mass is 19.4. The van der Waals surface area contributed by atoms with Gasteiger partial charge in [-0.2, -0.15) is 17.6 Å². The Kier molecular flexibility index (Phi) is 3.44. The SMILES string of the molecule is Fc1oc(-c2ccccc2-c2ccccc2)nc1C(F)(F)F. The molecule has 0 fully saturated rings. The number of alkyl halides is 3. The molecule has 2 nitrogen and oxygen atoms in total. The normalized spacial score (nSPS) is 11.6. The summed E-state index contributed by atoms with van der Waals surface area (Å²) in [6, 6.07) is 13.9. The van der Waals surface area contributed by atoms with Crippen LogP contribution in [-0.4, -0.2) is 4.98 Å². The Labute approximate surface area is 123 Å². The quantitative estimate of drug-likeness (QED) is 0.611. The van der Waals surface area contributed by atoms with Crippen LogP contribution < -0.4 is 0 Å². The molecule has 0 radical (unpaired) electrons. The lowest BCUT2D eigenvalue weighted by Gasteiger charge is -2.06. The van der Waals surface area contributed by atoms with Gasteiger partial charge in [0.1, 0.15) is 0 Å². The molecule has 22 heavy (non-hydrogen) atoms. The second-order valence-corrected chi connectivity index (χ2v) is 4.55. The second kappa shape index (κ2) is 5.29. The van der Waals surface area contributed by atoms with E-state index in [1.807, 2.05) is 6.07 Å². The van der Waals surface area contributed by atoms with Crippen molar-refractivity contribution < 1.29 is 22.0 Å². The number of aromatic nitrogens is 1. The summed E-state index contributed by atoms with van der Waals surface area (Å²) in [7, 11) is 0. The largest absolute Gasteiger partial charge is 0.439 e. The fraction of sp³-hybridized carbons (Fsp3) is 0.0625. The van der Waals surface area contributed by atoms with Gasteiger partial charge in [0.05, 0.1) is 0 Å². The molecule has 112 valence electrons. The molecule has 1 heterocycles. The minimum Gasteiger partial charge on any atom is -0.410 e. The minimum absolute atomic E-state index is 0.295. The van der Waals surface area contributed by atoms with Gasteiger partial charge in [0.2, 0.25) is 11.6 Å². The number of nitrogens with zero attached hydrogens (tertiary/aromatic N) is 1. The van der Waals surface area contributed by atoms with Gasteiger partial charge in [-0.15, -0.1) is 0 Å². The van der Waals surface area contributed by atoms with E-state index in [9.17, 15) is 17.6 Å². The summed E-state index contributed by atoms with van der Waals surface area (Å²) in [5.41, 5.74) is 0.0248. The molecule has 0 atom stereocenters. The molecule has 0 aliphatic rings. The number of rotatable bonds is 2. The van der Waals surface area contributed by atoms with E-state index in [0.717, 1.165) is 5.56 Å². The van der Waals surface area contributed by atoms with E-state index in [1.54, 1.807) is 42.5 Å². The fourth-order valence-electron chi connectivity index (χ4n) is 2.13. The average molecular weight is 307 g/mol. The summed E-state index contributed by atoms with van der Waals surface area (Å²) in [6.07, 6.45) is -4.90. The van der Waals surface area contributed by atoms with E-state index in [-0.39, 0.29) is 0 Å². The van der Waals surface area contributed by atoms with Gasteiger partial charge in [-0.05, 0) is 17.2 Å². The zero-order chi connectivity index (χ0) is 15.7. The first-order chi connectivity index (χ1) is 10.5. The summed E-state index contributed by atoms with van der Waals surface area (Å²) in [5, 5.41) is 0. The van der Waals surface area contributed by atoms with Crippen molar-refractivity contribution in [2.45, 2.75) is 6.18 Å². The maximum atomic E-state index is 13.4. The van der Waals surface area contributed by atoms with Crippen molar-refractivity contribution in [3.8, 4) is 22.6 Å². The van der Waals surface area contributed by atoms with E-state index in [0.29, 0.717) is 11.1 Å². The summed E-state index contributed by atoms with van der Waals surface area (Å²) in [5.74, 6) is -0.399. The summed E-state index contributed by atoms with van der Waals surface area (Å²) >= 11 is 0. The van der Waals surface area contributed by atoms with Crippen LogP contribution in [0, 0.1) is 6.01 Å². The predicted octanol–water partition coefficient (Wildman–Crippen LogP) is 5.17. The average Bonchev–Trinajstić information content (AvgIpc) is 2.90. The molecular weight excluding hydrogens is 298 g/mol. The third-order valence-electron chi connectivity index (χ3n) is 3.10. The van der Waals surface area contributed by atoms with Crippen LogP contribution >= 0.6 is 0 Å². The van der Waals surface area contributed by atoms with Crippen molar-refractivity contribution in [2.24, 2.45) is 0 Å². The van der Waals surface area contributed by atoms with Crippen LogP contribution in [0.4, 0.5) is 17.6 Å². The molecule has 6 heteroatoms. The number of benzene rings is 2. The van der Waals surface area contributed by atoms with E-state index in [4.69, 9.17) is 0 Å². The van der Waals surface area contributed by atoms with Gasteiger partial charge in [-0.25, -0.2) is 4.98 Å². The number of oxazole rings is 1. The maximum Gasteiger partial charge on any atom is 0.439 e. The first kappa shape index (κ1) is 14.3. The van der Waals surface area contributed by atoms with Crippen LogP contribution in [0.15, 0.2) is 59.0 Å². The molecule has 0 amide bonds. The van der Waals surface area contributed by atoms with Crippen LogP contribution in [0.5, 0.6) is 0 Å². The lowest BCUT2D eigenvalue weighted by atomic mass is 10.00. The van der Waals surface area contributed by atoms with Gasteiger partial charge in [0.15, 0.2) is 0 Å². The number of hydrogen-bond acceptors (Lipinski definition) is 2. The molecule has 0 aliphatic carbocycles. The summed E-state index contributed by atoms with van der Waals surface area (Å²) in [6.45, 7) is 0. The van der Waals surface area contributed by atoms with Crippen LogP contribution in [0.2, 0.25) is 0 Å².